The number of aldehydes is 1. The lowest BCUT2D eigenvalue weighted by atomic mass is 9.85. The molecule has 4 rings (SSSR count). The molecule has 0 saturated heterocycles. The lowest BCUT2D eigenvalue weighted by molar-refractivity contribution is -0.119. The molecular weight excluding hydrogens is 553 g/mol. The van der Waals surface area contributed by atoms with Gasteiger partial charge in [-0.05, 0) is 48.8 Å². The molecule has 1 aromatic heterocycles. The van der Waals surface area contributed by atoms with Crippen LogP contribution in [0.4, 0.5) is 9.18 Å². The molecule has 0 radical (unpaired) electrons. The molecular formula is C33H52FN3O6. The number of pyridine rings is 1. The van der Waals surface area contributed by atoms with Crippen LogP contribution in [-0.2, 0) is 38.4 Å². The number of carbonyl (C=O) groups excluding carboxylic acids is 2. The molecule has 3 N–H and O–H groups in total. The third-order valence-electron chi connectivity index (χ3n) is 6.94. The van der Waals surface area contributed by atoms with Gasteiger partial charge in [0.2, 0.25) is 5.91 Å². The van der Waals surface area contributed by atoms with Gasteiger partial charge in [-0.3, -0.25) is 4.79 Å². The van der Waals surface area contributed by atoms with Crippen molar-refractivity contribution >= 4 is 34.9 Å². The first-order valence-electron chi connectivity index (χ1n) is 15.2. The van der Waals surface area contributed by atoms with E-state index in [-0.39, 0.29) is 24.2 Å². The van der Waals surface area contributed by atoms with Crippen LogP contribution < -0.4 is 5.73 Å². The number of nitrogens with zero attached hydrogens (tertiary/aromatic N) is 2. The van der Waals surface area contributed by atoms with Gasteiger partial charge in [-0.15, -0.1) is 0 Å². The number of nitrogens with two attached hydrogens (primary N) is 1. The second-order valence-electron chi connectivity index (χ2n) is 9.48. The van der Waals surface area contributed by atoms with Crippen molar-refractivity contribution in [3.05, 3.63) is 45.9 Å². The Morgan fingerprint density at radius 2 is 1.74 bits per heavy atom. The van der Waals surface area contributed by atoms with Gasteiger partial charge in [0.15, 0.2) is 0 Å². The smallest absolute Gasteiger partial charge is 0.450 e. The maximum absolute atomic E-state index is 14.5. The zero-order valence-electron chi connectivity index (χ0n) is 27.7. The third kappa shape index (κ3) is 10.6. The molecule has 1 aliphatic carbocycles. The highest BCUT2D eigenvalue weighted by Crippen LogP contribution is 2.41. The number of carboxylic acid groups (broad SMARTS) is 1. The summed E-state index contributed by atoms with van der Waals surface area (Å²) in [6.07, 6.45) is 4.38. The molecule has 2 aromatic rings. The summed E-state index contributed by atoms with van der Waals surface area (Å²) in [4.78, 5) is 39.0. The van der Waals surface area contributed by atoms with E-state index in [1.807, 2.05) is 68.5 Å². The molecule has 0 spiro atoms. The fourth-order valence-electron chi connectivity index (χ4n) is 4.87. The molecule has 0 saturated carbocycles. The van der Waals surface area contributed by atoms with Gasteiger partial charge in [0, 0.05) is 44.1 Å². The number of hydrogen-bond donors (Lipinski definition) is 2. The van der Waals surface area contributed by atoms with E-state index in [4.69, 9.17) is 15.8 Å². The van der Waals surface area contributed by atoms with Crippen molar-refractivity contribution in [1.29, 1.82) is 0 Å². The number of ether oxygens (including phenoxy) is 2. The summed E-state index contributed by atoms with van der Waals surface area (Å²) in [6.45, 7) is 16.6. The van der Waals surface area contributed by atoms with Crippen LogP contribution in [0.2, 0.25) is 0 Å². The summed E-state index contributed by atoms with van der Waals surface area (Å²) in [5.74, 6) is -1.38. The molecule has 43 heavy (non-hydrogen) atoms. The Morgan fingerprint density at radius 3 is 2.26 bits per heavy atom. The van der Waals surface area contributed by atoms with Crippen molar-refractivity contribution < 1.29 is 33.4 Å². The van der Waals surface area contributed by atoms with Crippen molar-refractivity contribution in [2.45, 2.75) is 87.6 Å². The predicted molar refractivity (Wildman–Crippen MR) is 170 cm³/mol. The number of benzene rings is 1. The van der Waals surface area contributed by atoms with Crippen molar-refractivity contribution in [3.8, 4) is 0 Å². The molecule has 1 aliphatic heterocycles. The third-order valence-corrected chi connectivity index (χ3v) is 6.94. The van der Waals surface area contributed by atoms with Crippen LogP contribution in [0.5, 0.6) is 0 Å². The largest absolute Gasteiger partial charge is 0.505 e. The van der Waals surface area contributed by atoms with E-state index in [1.165, 1.54) is 24.3 Å². The molecule has 1 aromatic carbocycles. The fraction of sp³-hybridized carbons (Fsp3) is 0.576. The van der Waals surface area contributed by atoms with Gasteiger partial charge in [-0.1, -0.05) is 54.5 Å². The number of fused-ring (bicyclic) bond motifs is 2. The Bertz CT molecular complexity index is 1230. The Kier molecular flexibility index (Phi) is 18.7. The molecule has 0 bridgehead atoms. The van der Waals surface area contributed by atoms with Crippen LogP contribution in [-0.4, -0.2) is 60.7 Å². The van der Waals surface area contributed by atoms with E-state index in [0.717, 1.165) is 47.9 Å². The Hall–Kier alpha value is -3.53. The lowest BCUT2D eigenvalue weighted by Gasteiger charge is -2.22. The second-order valence-corrected chi connectivity index (χ2v) is 9.48. The average Bonchev–Trinajstić information content (AvgIpc) is 3.32. The summed E-state index contributed by atoms with van der Waals surface area (Å²) in [5.41, 5.74) is 11.3. The minimum absolute atomic E-state index is 0.190. The lowest BCUT2D eigenvalue weighted by Crippen LogP contribution is -2.21. The number of carbonyl (C=O) groups is 3. The molecule has 0 fully saturated rings. The Balaban J connectivity index is 0.00000117. The first-order chi connectivity index (χ1) is 20.6. The second kappa shape index (κ2) is 20.4. The normalized spacial score (nSPS) is 14.7. The van der Waals surface area contributed by atoms with Crippen LogP contribution in [0, 0.1) is 24.6 Å². The maximum Gasteiger partial charge on any atom is 0.505 e. The maximum atomic E-state index is 14.5. The first kappa shape index (κ1) is 39.5. The zero-order valence-corrected chi connectivity index (χ0v) is 27.7. The first-order valence-corrected chi connectivity index (χ1v) is 15.2. The van der Waals surface area contributed by atoms with Gasteiger partial charge in [-0.25, -0.2) is 14.2 Å². The van der Waals surface area contributed by atoms with Gasteiger partial charge >= 0.3 is 6.16 Å². The highest BCUT2D eigenvalue weighted by molar-refractivity contribution is 5.91. The highest BCUT2D eigenvalue weighted by Gasteiger charge is 2.31. The number of methoxy groups -OCH3 is 1. The number of halogens is 1. The van der Waals surface area contributed by atoms with Crippen molar-refractivity contribution in [1.82, 2.24) is 9.88 Å². The van der Waals surface area contributed by atoms with Gasteiger partial charge in [0.1, 0.15) is 18.7 Å². The fourth-order valence-corrected chi connectivity index (χ4v) is 4.87. The molecule has 1 amide bonds. The molecule has 2 unspecified atom stereocenters. The quantitative estimate of drug-likeness (QED) is 0.251. The number of allylic oxidation sites excluding steroid dienone is 1. The van der Waals surface area contributed by atoms with E-state index in [2.05, 4.69) is 14.4 Å². The number of hydrogen-bond acceptors (Lipinski definition) is 7. The molecule has 2 heterocycles. The molecule has 2 aliphatic rings. The van der Waals surface area contributed by atoms with E-state index in [9.17, 15) is 18.8 Å². The van der Waals surface area contributed by atoms with Crippen LogP contribution >= 0.6 is 0 Å². The molecule has 10 heteroatoms. The number of rotatable bonds is 8. The Morgan fingerprint density at radius 1 is 1.14 bits per heavy atom. The molecule has 2 atom stereocenters. The standard InChI is InChI=1S/C23H25FN2O4.C4H9NO2.3C2H6/c1-12(14(10-27)11-30-23(28)29)7-20-22-17(9-26(20)3)16-6-4-5-15-13(2)18(24)8-19(25-22)21(15)16;1-7-3-2-4(5)6;3*1-2/h7-8,10,12,14H,4-6,9,11H2,1-3H3,(H,28,29);2-3H2,1H3,(H2,5,6);3*1-2H3/b20-7-;;;;. The summed E-state index contributed by atoms with van der Waals surface area (Å²) in [5, 5.41) is 9.82. The summed E-state index contributed by atoms with van der Waals surface area (Å²) in [6, 6.07) is 1.53. The minimum Gasteiger partial charge on any atom is -0.450 e. The average molecular weight is 606 g/mol. The highest BCUT2D eigenvalue weighted by atomic mass is 19.1. The summed E-state index contributed by atoms with van der Waals surface area (Å²) in [7, 11) is 3.50. The van der Waals surface area contributed by atoms with Crippen LogP contribution in [0.3, 0.4) is 0 Å². The van der Waals surface area contributed by atoms with E-state index < -0.39 is 12.1 Å². The SMILES string of the molecule is CC.CC.CC.COCCC(N)=O.Cc1c(F)cc2nc3c(c4c2c1CCC4)CN(C)/C3=C\C(C)C(C=O)COC(=O)O. The minimum atomic E-state index is -1.40. The van der Waals surface area contributed by atoms with Crippen molar-refractivity contribution in [3.63, 3.8) is 0 Å². The predicted octanol–water partition coefficient (Wildman–Crippen LogP) is 6.69. The van der Waals surface area contributed by atoms with Crippen LogP contribution in [0.25, 0.3) is 16.6 Å². The molecule has 9 nitrogen and oxygen atoms in total. The van der Waals surface area contributed by atoms with Gasteiger partial charge in [-0.2, -0.15) is 0 Å². The summed E-state index contributed by atoms with van der Waals surface area (Å²) >= 11 is 0. The van der Waals surface area contributed by atoms with Crippen LogP contribution in [0.15, 0.2) is 12.1 Å². The van der Waals surface area contributed by atoms with E-state index >= 15 is 0 Å². The van der Waals surface area contributed by atoms with Crippen LogP contribution in [0.1, 0.15) is 89.3 Å². The van der Waals surface area contributed by atoms with E-state index in [0.29, 0.717) is 30.7 Å². The number of aromatic nitrogens is 1. The Labute approximate surface area is 256 Å². The van der Waals surface area contributed by atoms with Gasteiger partial charge in [0.25, 0.3) is 0 Å². The van der Waals surface area contributed by atoms with E-state index in [1.54, 1.807) is 0 Å². The zero-order chi connectivity index (χ0) is 33.3. The van der Waals surface area contributed by atoms with Crippen molar-refractivity contribution in [2.24, 2.45) is 17.6 Å². The number of amides is 1. The topological polar surface area (TPSA) is 132 Å². The number of aryl methyl sites for hydroxylation is 2. The van der Waals surface area contributed by atoms with Gasteiger partial charge in [0.05, 0.1) is 29.4 Å². The van der Waals surface area contributed by atoms with Crippen molar-refractivity contribution in [2.75, 3.05) is 27.4 Å². The number of primary amides is 1. The van der Waals surface area contributed by atoms with Gasteiger partial charge < -0.3 is 30.0 Å². The monoisotopic (exact) mass is 605 g/mol. The molecule has 242 valence electrons. The summed E-state index contributed by atoms with van der Waals surface area (Å²) < 4.78 is 23.7.